The molecule has 2 heteroatoms. The molecule has 0 radical (unpaired) electrons. The van der Waals surface area contributed by atoms with Crippen LogP contribution in [0.5, 0.6) is 0 Å². The highest BCUT2D eigenvalue weighted by atomic mass is 16.3. The highest BCUT2D eigenvalue weighted by Crippen LogP contribution is 2.46. The number of rotatable bonds is 4. The van der Waals surface area contributed by atoms with E-state index in [9.17, 15) is 0 Å². The molecule has 0 unspecified atom stereocenters. The summed E-state index contributed by atoms with van der Waals surface area (Å²) < 4.78 is 6.37. The van der Waals surface area contributed by atoms with Crippen LogP contribution in [0.3, 0.4) is 0 Å². The molecule has 0 N–H and O–H groups in total. The molecule has 0 amide bonds. The summed E-state index contributed by atoms with van der Waals surface area (Å²) in [6, 6.07) is 63.3. The summed E-state index contributed by atoms with van der Waals surface area (Å²) in [6.45, 7) is 0. The lowest BCUT2D eigenvalue weighted by atomic mass is 9.90. The van der Waals surface area contributed by atoms with Gasteiger partial charge in [0.25, 0.3) is 0 Å². The third-order valence-corrected chi connectivity index (χ3v) is 9.82. The maximum absolute atomic E-state index is 6.37. The molecular formula is C46H29NO. The summed E-state index contributed by atoms with van der Waals surface area (Å²) in [7, 11) is 0. The Labute approximate surface area is 277 Å². The first-order chi connectivity index (χ1) is 23.8. The Balaban J connectivity index is 1.27. The van der Waals surface area contributed by atoms with Crippen LogP contribution < -0.4 is 4.90 Å². The third kappa shape index (κ3) is 4.00. The minimum absolute atomic E-state index is 0.918. The van der Waals surface area contributed by atoms with Gasteiger partial charge in [0.05, 0.1) is 11.4 Å². The average Bonchev–Trinajstić information content (AvgIpc) is 3.54. The smallest absolute Gasteiger partial charge is 0.136 e. The van der Waals surface area contributed by atoms with Crippen molar-refractivity contribution in [3.05, 3.63) is 176 Å². The van der Waals surface area contributed by atoms with Gasteiger partial charge in [0, 0.05) is 32.8 Å². The molecule has 48 heavy (non-hydrogen) atoms. The molecule has 0 atom stereocenters. The van der Waals surface area contributed by atoms with Gasteiger partial charge in [-0.3, -0.25) is 0 Å². The molecule has 0 aliphatic rings. The van der Waals surface area contributed by atoms with Gasteiger partial charge >= 0.3 is 0 Å². The van der Waals surface area contributed by atoms with E-state index in [4.69, 9.17) is 4.42 Å². The van der Waals surface area contributed by atoms with Gasteiger partial charge in [0.2, 0.25) is 0 Å². The number of hydrogen-bond donors (Lipinski definition) is 0. The van der Waals surface area contributed by atoms with Crippen LogP contribution >= 0.6 is 0 Å². The Bertz CT molecular complexity index is 2840. The fraction of sp³-hybridized carbons (Fsp3) is 0. The second kappa shape index (κ2) is 10.6. The summed E-state index contributed by atoms with van der Waals surface area (Å²) in [5.41, 5.74) is 7.59. The zero-order valence-corrected chi connectivity index (χ0v) is 26.1. The standard InChI is InChI=1S/C46H29NO/c1-2-15-32(16-3-1)47(42-23-12-14-30-13-4-5-17-33(30)42)41-22-10-8-18-34(41)31-25-26-36-35-19-6-7-20-37(35)45-38(40(36)29-31)27-28-44-46(45)39-21-9-11-24-43(39)48-44/h1-29H. The molecular weight excluding hydrogens is 583 g/mol. The molecule has 9 aromatic carbocycles. The van der Waals surface area contributed by atoms with Crippen molar-refractivity contribution in [2.45, 2.75) is 0 Å². The molecule has 0 saturated carbocycles. The van der Waals surface area contributed by atoms with E-state index in [0.717, 1.165) is 33.6 Å². The molecule has 10 rings (SSSR count). The van der Waals surface area contributed by atoms with Crippen LogP contribution in [0.25, 0.3) is 76.2 Å². The zero-order chi connectivity index (χ0) is 31.6. The first-order valence-corrected chi connectivity index (χ1v) is 16.4. The van der Waals surface area contributed by atoms with Gasteiger partial charge in [0.1, 0.15) is 11.2 Å². The van der Waals surface area contributed by atoms with E-state index in [1.807, 2.05) is 6.07 Å². The van der Waals surface area contributed by atoms with Crippen LogP contribution in [0.15, 0.2) is 180 Å². The van der Waals surface area contributed by atoms with Crippen LogP contribution in [-0.4, -0.2) is 0 Å². The van der Waals surface area contributed by atoms with Crippen LogP contribution in [0.1, 0.15) is 0 Å². The van der Waals surface area contributed by atoms with E-state index in [-0.39, 0.29) is 0 Å². The van der Waals surface area contributed by atoms with Crippen molar-refractivity contribution in [3.8, 4) is 11.1 Å². The van der Waals surface area contributed by atoms with E-state index in [1.54, 1.807) is 0 Å². The molecule has 224 valence electrons. The van der Waals surface area contributed by atoms with Crippen LogP contribution in [0.4, 0.5) is 17.1 Å². The lowest BCUT2D eigenvalue weighted by Crippen LogP contribution is -2.11. The molecule has 2 nitrogen and oxygen atoms in total. The number of hydrogen-bond acceptors (Lipinski definition) is 2. The van der Waals surface area contributed by atoms with E-state index in [0.29, 0.717) is 0 Å². The molecule has 0 bridgehead atoms. The summed E-state index contributed by atoms with van der Waals surface area (Å²) in [6.07, 6.45) is 0. The largest absolute Gasteiger partial charge is 0.456 e. The van der Waals surface area contributed by atoms with Gasteiger partial charge < -0.3 is 9.32 Å². The number of anilines is 3. The summed E-state index contributed by atoms with van der Waals surface area (Å²) in [5, 5.41) is 12.2. The number of fused-ring (bicyclic) bond motifs is 11. The molecule has 0 aliphatic carbocycles. The summed E-state index contributed by atoms with van der Waals surface area (Å²) in [5.74, 6) is 0. The van der Waals surface area contributed by atoms with Crippen LogP contribution in [0.2, 0.25) is 0 Å². The van der Waals surface area contributed by atoms with Crippen molar-refractivity contribution >= 4 is 82.1 Å². The van der Waals surface area contributed by atoms with Gasteiger partial charge in [-0.15, -0.1) is 0 Å². The van der Waals surface area contributed by atoms with E-state index >= 15 is 0 Å². The fourth-order valence-electron chi connectivity index (χ4n) is 7.73. The Hall–Kier alpha value is -6.38. The minimum atomic E-state index is 0.918. The van der Waals surface area contributed by atoms with E-state index < -0.39 is 0 Å². The van der Waals surface area contributed by atoms with Crippen molar-refractivity contribution < 1.29 is 4.42 Å². The van der Waals surface area contributed by atoms with Gasteiger partial charge in [-0.2, -0.15) is 0 Å². The fourth-order valence-corrected chi connectivity index (χ4v) is 7.73. The van der Waals surface area contributed by atoms with Crippen molar-refractivity contribution in [1.82, 2.24) is 0 Å². The van der Waals surface area contributed by atoms with Crippen molar-refractivity contribution in [2.24, 2.45) is 0 Å². The van der Waals surface area contributed by atoms with E-state index in [2.05, 4.69) is 175 Å². The quantitative estimate of drug-likeness (QED) is 0.184. The molecule has 1 heterocycles. The minimum Gasteiger partial charge on any atom is -0.456 e. The van der Waals surface area contributed by atoms with Gasteiger partial charge in [0.15, 0.2) is 0 Å². The van der Waals surface area contributed by atoms with Gasteiger partial charge in [-0.25, -0.2) is 0 Å². The van der Waals surface area contributed by atoms with Crippen LogP contribution in [-0.2, 0) is 0 Å². The number of para-hydroxylation sites is 3. The van der Waals surface area contributed by atoms with Gasteiger partial charge in [-0.05, 0) is 86.4 Å². The van der Waals surface area contributed by atoms with Crippen molar-refractivity contribution in [2.75, 3.05) is 4.90 Å². The molecule has 0 fully saturated rings. The number of furan rings is 1. The molecule has 1 aromatic heterocycles. The first kappa shape index (κ1) is 26.8. The average molecular weight is 612 g/mol. The number of benzene rings is 9. The Morgan fingerprint density at radius 3 is 1.88 bits per heavy atom. The Morgan fingerprint density at radius 1 is 0.354 bits per heavy atom. The van der Waals surface area contributed by atoms with Gasteiger partial charge in [-0.1, -0.05) is 127 Å². The van der Waals surface area contributed by atoms with E-state index in [1.165, 1.54) is 59.6 Å². The summed E-state index contributed by atoms with van der Waals surface area (Å²) >= 11 is 0. The monoisotopic (exact) mass is 611 g/mol. The maximum atomic E-state index is 6.37. The summed E-state index contributed by atoms with van der Waals surface area (Å²) in [4.78, 5) is 2.40. The molecule has 0 aliphatic heterocycles. The molecule has 10 aromatic rings. The Kier molecular flexibility index (Phi) is 5.91. The highest BCUT2D eigenvalue weighted by Gasteiger charge is 2.20. The van der Waals surface area contributed by atoms with Crippen LogP contribution in [0, 0.1) is 0 Å². The molecule has 0 saturated heterocycles. The topological polar surface area (TPSA) is 16.4 Å². The third-order valence-electron chi connectivity index (χ3n) is 9.82. The Morgan fingerprint density at radius 2 is 0.979 bits per heavy atom. The molecule has 0 spiro atoms. The predicted octanol–water partition coefficient (Wildman–Crippen LogP) is 13.3. The highest BCUT2D eigenvalue weighted by molar-refractivity contribution is 6.34. The lowest BCUT2D eigenvalue weighted by Gasteiger charge is -2.29. The lowest BCUT2D eigenvalue weighted by molar-refractivity contribution is 0.669. The van der Waals surface area contributed by atoms with Crippen molar-refractivity contribution in [1.29, 1.82) is 0 Å². The van der Waals surface area contributed by atoms with Crippen molar-refractivity contribution in [3.63, 3.8) is 0 Å². The number of nitrogens with zero attached hydrogens (tertiary/aromatic N) is 1. The zero-order valence-electron chi connectivity index (χ0n) is 26.1. The SMILES string of the molecule is c1ccc(N(c2ccccc2-c2ccc3c4ccccc4c4c(ccc5oc6ccccc6c54)c3c2)c2cccc3ccccc23)cc1. The predicted molar refractivity (Wildman–Crippen MR) is 204 cm³/mol. The normalized spacial score (nSPS) is 11.8. The second-order valence-electron chi connectivity index (χ2n) is 12.5. The maximum Gasteiger partial charge on any atom is 0.136 e. The second-order valence-corrected chi connectivity index (χ2v) is 12.5. The first-order valence-electron chi connectivity index (χ1n) is 16.4.